The predicted molar refractivity (Wildman–Crippen MR) is 101 cm³/mol. The first-order valence-electron chi connectivity index (χ1n) is 9.08. The fourth-order valence-corrected chi connectivity index (χ4v) is 5.00. The number of likely N-dealkylation sites (N-methyl/N-ethyl adjacent to an activating group) is 1. The first-order chi connectivity index (χ1) is 11.7. The van der Waals surface area contributed by atoms with Crippen molar-refractivity contribution in [1.82, 2.24) is 19.8 Å². The van der Waals surface area contributed by atoms with E-state index in [9.17, 15) is 0 Å². The van der Waals surface area contributed by atoms with Crippen LogP contribution in [0.5, 0.6) is 0 Å². The molecular formula is C18H27N5S. The van der Waals surface area contributed by atoms with E-state index in [1.54, 1.807) is 17.7 Å². The largest absolute Gasteiger partial charge is 0.354 e. The van der Waals surface area contributed by atoms with Crippen LogP contribution in [-0.2, 0) is 0 Å². The predicted octanol–water partition coefficient (Wildman–Crippen LogP) is 2.61. The van der Waals surface area contributed by atoms with Crippen LogP contribution in [0.25, 0.3) is 10.2 Å². The highest BCUT2D eigenvalue weighted by Crippen LogP contribution is 2.32. The van der Waals surface area contributed by atoms with Gasteiger partial charge in [0.15, 0.2) is 0 Å². The molecule has 130 valence electrons. The molecule has 0 saturated carbocycles. The summed E-state index contributed by atoms with van der Waals surface area (Å²) in [6.07, 6.45) is 5.65. The van der Waals surface area contributed by atoms with E-state index < -0.39 is 0 Å². The van der Waals surface area contributed by atoms with Crippen LogP contribution in [0.2, 0.25) is 0 Å². The molecule has 2 fully saturated rings. The topological polar surface area (TPSA) is 35.5 Å². The maximum atomic E-state index is 4.68. The van der Waals surface area contributed by atoms with Gasteiger partial charge < -0.3 is 9.80 Å². The number of piperazine rings is 1. The summed E-state index contributed by atoms with van der Waals surface area (Å²) >= 11 is 1.79. The molecule has 0 radical (unpaired) electrons. The third kappa shape index (κ3) is 3.15. The molecular weight excluding hydrogens is 318 g/mol. The molecule has 6 heteroatoms. The second-order valence-corrected chi connectivity index (χ2v) is 8.11. The fourth-order valence-electron chi connectivity index (χ4n) is 3.98. The van der Waals surface area contributed by atoms with Crippen molar-refractivity contribution in [3.05, 3.63) is 17.3 Å². The van der Waals surface area contributed by atoms with Gasteiger partial charge in [-0.15, -0.1) is 11.3 Å². The number of rotatable bonds is 2. The molecule has 24 heavy (non-hydrogen) atoms. The normalized spacial score (nSPS) is 24.4. The van der Waals surface area contributed by atoms with Gasteiger partial charge in [0, 0.05) is 45.3 Å². The molecule has 0 N–H and O–H groups in total. The van der Waals surface area contributed by atoms with Crippen molar-refractivity contribution in [1.29, 1.82) is 0 Å². The highest BCUT2D eigenvalue weighted by molar-refractivity contribution is 7.18. The van der Waals surface area contributed by atoms with E-state index in [4.69, 9.17) is 0 Å². The van der Waals surface area contributed by atoms with Gasteiger partial charge in [-0.1, -0.05) is 6.42 Å². The molecule has 2 saturated heterocycles. The Bertz CT molecular complexity index is 692. The number of hydrogen-bond acceptors (Lipinski definition) is 6. The van der Waals surface area contributed by atoms with E-state index in [2.05, 4.69) is 44.0 Å². The van der Waals surface area contributed by atoms with Crippen molar-refractivity contribution in [2.24, 2.45) is 0 Å². The zero-order valence-corrected chi connectivity index (χ0v) is 15.6. The summed E-state index contributed by atoms with van der Waals surface area (Å²) in [6.45, 7) is 9.15. The number of hydrogen-bond donors (Lipinski definition) is 0. The number of aryl methyl sites for hydroxylation is 1. The monoisotopic (exact) mass is 345 g/mol. The van der Waals surface area contributed by atoms with Crippen molar-refractivity contribution in [2.45, 2.75) is 32.2 Å². The Hall–Kier alpha value is -1.24. The average Bonchev–Trinajstić information content (AvgIpc) is 2.83. The molecule has 0 aliphatic carbocycles. The molecule has 0 aromatic carbocycles. The third-order valence-electron chi connectivity index (χ3n) is 5.51. The zero-order chi connectivity index (χ0) is 16.5. The van der Waals surface area contributed by atoms with Crippen LogP contribution in [-0.4, -0.2) is 72.1 Å². The summed E-state index contributed by atoms with van der Waals surface area (Å²) in [5.74, 6) is 1.15. The lowest BCUT2D eigenvalue weighted by atomic mass is 10.1. The molecule has 5 nitrogen and oxygen atoms in total. The second kappa shape index (κ2) is 6.94. The molecule has 4 heterocycles. The summed E-state index contributed by atoms with van der Waals surface area (Å²) in [7, 11) is 2.23. The van der Waals surface area contributed by atoms with Crippen molar-refractivity contribution in [2.75, 3.05) is 51.2 Å². The first kappa shape index (κ1) is 16.2. The van der Waals surface area contributed by atoms with Crippen LogP contribution >= 0.6 is 11.3 Å². The van der Waals surface area contributed by atoms with Crippen LogP contribution in [0.1, 0.15) is 24.8 Å². The standard InChI is InChI=1S/C18H27N5S/c1-14-12-24-17-16(14)19-13-20-18(17)23-6-4-3-5-15(11-23)22-9-7-21(2)8-10-22/h12-13,15H,3-11H2,1-2H3/t15-/m0/s1. The van der Waals surface area contributed by atoms with Gasteiger partial charge in [0.25, 0.3) is 0 Å². The van der Waals surface area contributed by atoms with Gasteiger partial charge in [0.05, 0.1) is 10.2 Å². The van der Waals surface area contributed by atoms with E-state index in [1.165, 1.54) is 55.7 Å². The van der Waals surface area contributed by atoms with Gasteiger partial charge in [-0.2, -0.15) is 0 Å². The lowest BCUT2D eigenvalue weighted by Gasteiger charge is -2.39. The van der Waals surface area contributed by atoms with Gasteiger partial charge in [-0.3, -0.25) is 4.90 Å². The van der Waals surface area contributed by atoms with E-state index in [0.29, 0.717) is 6.04 Å². The van der Waals surface area contributed by atoms with Crippen molar-refractivity contribution < 1.29 is 0 Å². The van der Waals surface area contributed by atoms with Crippen LogP contribution in [0.3, 0.4) is 0 Å². The number of aromatic nitrogens is 2. The van der Waals surface area contributed by atoms with E-state index >= 15 is 0 Å². The molecule has 2 aromatic heterocycles. The molecule has 2 aliphatic heterocycles. The Morgan fingerprint density at radius 2 is 1.92 bits per heavy atom. The Balaban J connectivity index is 1.57. The van der Waals surface area contributed by atoms with E-state index in [0.717, 1.165) is 24.4 Å². The molecule has 4 rings (SSSR count). The molecule has 1 atom stereocenters. The van der Waals surface area contributed by atoms with Gasteiger partial charge >= 0.3 is 0 Å². The van der Waals surface area contributed by atoms with Gasteiger partial charge in [0.2, 0.25) is 0 Å². The SMILES string of the molecule is Cc1csc2c(N3CCCC[C@H](N4CCN(C)CC4)C3)ncnc12. The second-order valence-electron chi connectivity index (χ2n) is 7.23. The maximum absolute atomic E-state index is 4.68. The number of anilines is 1. The van der Waals surface area contributed by atoms with Crippen LogP contribution in [0, 0.1) is 6.92 Å². The van der Waals surface area contributed by atoms with E-state index in [-0.39, 0.29) is 0 Å². The van der Waals surface area contributed by atoms with Crippen LogP contribution in [0.15, 0.2) is 11.7 Å². The number of nitrogens with zero attached hydrogens (tertiary/aromatic N) is 5. The number of fused-ring (bicyclic) bond motifs is 1. The highest BCUT2D eigenvalue weighted by atomic mass is 32.1. The summed E-state index contributed by atoms with van der Waals surface area (Å²) in [6, 6.07) is 0.660. The highest BCUT2D eigenvalue weighted by Gasteiger charge is 2.27. The minimum Gasteiger partial charge on any atom is -0.354 e. The lowest BCUT2D eigenvalue weighted by molar-refractivity contribution is 0.110. The smallest absolute Gasteiger partial charge is 0.150 e. The molecule has 0 spiro atoms. The zero-order valence-electron chi connectivity index (χ0n) is 14.7. The van der Waals surface area contributed by atoms with Crippen molar-refractivity contribution in [3.8, 4) is 0 Å². The van der Waals surface area contributed by atoms with Crippen LogP contribution < -0.4 is 4.90 Å². The van der Waals surface area contributed by atoms with Crippen molar-refractivity contribution in [3.63, 3.8) is 0 Å². The summed E-state index contributed by atoms with van der Waals surface area (Å²) in [5.41, 5.74) is 2.40. The Morgan fingerprint density at radius 1 is 1.08 bits per heavy atom. The summed E-state index contributed by atoms with van der Waals surface area (Å²) in [4.78, 5) is 16.8. The Kier molecular flexibility index (Phi) is 4.70. The van der Waals surface area contributed by atoms with Crippen molar-refractivity contribution >= 4 is 27.4 Å². The molecule has 0 bridgehead atoms. The van der Waals surface area contributed by atoms with Gasteiger partial charge in [-0.25, -0.2) is 9.97 Å². The minimum absolute atomic E-state index is 0.660. The fraction of sp³-hybridized carbons (Fsp3) is 0.667. The molecule has 2 aromatic rings. The summed E-state index contributed by atoms with van der Waals surface area (Å²) < 4.78 is 1.26. The van der Waals surface area contributed by atoms with Gasteiger partial charge in [0.1, 0.15) is 12.1 Å². The quantitative estimate of drug-likeness (QED) is 0.836. The molecule has 2 aliphatic rings. The Morgan fingerprint density at radius 3 is 2.75 bits per heavy atom. The first-order valence-corrected chi connectivity index (χ1v) is 9.96. The van der Waals surface area contributed by atoms with Gasteiger partial charge in [-0.05, 0) is 37.8 Å². The molecule has 0 amide bonds. The average molecular weight is 346 g/mol. The number of thiophene rings is 1. The summed E-state index contributed by atoms with van der Waals surface area (Å²) in [5, 5.41) is 2.21. The molecule has 0 unspecified atom stereocenters. The van der Waals surface area contributed by atoms with Crippen LogP contribution in [0.4, 0.5) is 5.82 Å². The van der Waals surface area contributed by atoms with E-state index in [1.807, 2.05) is 0 Å². The maximum Gasteiger partial charge on any atom is 0.150 e. The Labute approximate surface area is 148 Å². The third-order valence-corrected chi connectivity index (χ3v) is 6.60. The minimum atomic E-state index is 0.660. The lowest BCUT2D eigenvalue weighted by Crippen LogP contribution is -2.52.